The van der Waals surface area contributed by atoms with E-state index in [1.165, 1.54) is 0 Å². The lowest BCUT2D eigenvalue weighted by atomic mass is 10.2. The van der Waals surface area contributed by atoms with E-state index in [0.717, 1.165) is 11.1 Å². The molecule has 19 heavy (non-hydrogen) atoms. The molecule has 0 bridgehead atoms. The van der Waals surface area contributed by atoms with Crippen LogP contribution in [0.4, 0.5) is 0 Å². The van der Waals surface area contributed by atoms with Crippen LogP contribution in [0.25, 0.3) is 0 Å². The summed E-state index contributed by atoms with van der Waals surface area (Å²) >= 11 is 5.78. The minimum absolute atomic E-state index is 0.243. The van der Waals surface area contributed by atoms with Crippen LogP contribution < -0.4 is 4.72 Å². The maximum absolute atomic E-state index is 12.1. The molecule has 0 saturated carbocycles. The van der Waals surface area contributed by atoms with Gasteiger partial charge in [0, 0.05) is 11.6 Å². The van der Waals surface area contributed by atoms with Gasteiger partial charge in [-0.15, -0.1) is 0 Å². The SMILES string of the molecule is Cc1cccc(S(=O)(=O)NCc2ccc(Cl)cc2)c1. The molecular weight excluding hydrogens is 282 g/mol. The Morgan fingerprint density at radius 3 is 2.42 bits per heavy atom. The zero-order valence-electron chi connectivity index (χ0n) is 10.4. The first-order valence-electron chi connectivity index (χ1n) is 5.78. The van der Waals surface area contributed by atoms with Crippen molar-refractivity contribution in [3.63, 3.8) is 0 Å². The molecule has 0 aromatic heterocycles. The Bertz CT molecular complexity index is 666. The third-order valence-corrected chi connectivity index (χ3v) is 4.33. The molecule has 2 rings (SSSR count). The van der Waals surface area contributed by atoms with E-state index in [1.54, 1.807) is 42.5 Å². The zero-order valence-corrected chi connectivity index (χ0v) is 12.0. The van der Waals surface area contributed by atoms with E-state index in [-0.39, 0.29) is 11.4 Å². The molecule has 2 aromatic rings. The minimum atomic E-state index is -3.47. The summed E-state index contributed by atoms with van der Waals surface area (Å²) in [5, 5.41) is 0.630. The minimum Gasteiger partial charge on any atom is -0.207 e. The van der Waals surface area contributed by atoms with Gasteiger partial charge in [-0.1, -0.05) is 35.9 Å². The fourth-order valence-electron chi connectivity index (χ4n) is 1.65. The van der Waals surface area contributed by atoms with Gasteiger partial charge in [0.05, 0.1) is 4.90 Å². The highest BCUT2D eigenvalue weighted by molar-refractivity contribution is 7.89. The first-order valence-corrected chi connectivity index (χ1v) is 7.64. The van der Waals surface area contributed by atoms with Crippen molar-refractivity contribution >= 4 is 21.6 Å². The maximum Gasteiger partial charge on any atom is 0.240 e. The largest absolute Gasteiger partial charge is 0.240 e. The summed E-state index contributed by atoms with van der Waals surface area (Å²) in [5.41, 5.74) is 1.77. The van der Waals surface area contributed by atoms with Crippen LogP contribution >= 0.6 is 11.6 Å². The lowest BCUT2D eigenvalue weighted by Crippen LogP contribution is -2.23. The molecule has 0 aliphatic rings. The van der Waals surface area contributed by atoms with Gasteiger partial charge in [-0.2, -0.15) is 0 Å². The van der Waals surface area contributed by atoms with Gasteiger partial charge in [0.2, 0.25) is 10.0 Å². The average Bonchev–Trinajstić information content (AvgIpc) is 2.38. The molecule has 1 N–H and O–H groups in total. The molecule has 2 aromatic carbocycles. The van der Waals surface area contributed by atoms with Crippen molar-refractivity contribution < 1.29 is 8.42 Å². The van der Waals surface area contributed by atoms with E-state index in [1.807, 2.05) is 13.0 Å². The number of aryl methyl sites for hydroxylation is 1. The van der Waals surface area contributed by atoms with Gasteiger partial charge in [-0.25, -0.2) is 13.1 Å². The van der Waals surface area contributed by atoms with Crippen molar-refractivity contribution in [3.8, 4) is 0 Å². The molecule has 3 nitrogen and oxygen atoms in total. The highest BCUT2D eigenvalue weighted by Crippen LogP contribution is 2.13. The van der Waals surface area contributed by atoms with Gasteiger partial charge in [0.1, 0.15) is 0 Å². The number of benzene rings is 2. The standard InChI is InChI=1S/C14H14ClNO2S/c1-11-3-2-4-14(9-11)19(17,18)16-10-12-5-7-13(15)8-6-12/h2-9,16H,10H2,1H3. The predicted molar refractivity (Wildman–Crippen MR) is 76.7 cm³/mol. The summed E-state index contributed by atoms with van der Waals surface area (Å²) in [6.45, 7) is 2.10. The molecule has 0 fully saturated rings. The van der Waals surface area contributed by atoms with Gasteiger partial charge < -0.3 is 0 Å². The number of nitrogens with one attached hydrogen (secondary N) is 1. The van der Waals surface area contributed by atoms with Crippen molar-refractivity contribution in [3.05, 3.63) is 64.7 Å². The molecule has 0 heterocycles. The summed E-state index contributed by atoms with van der Waals surface area (Å²) in [4.78, 5) is 0.279. The van der Waals surface area contributed by atoms with Crippen LogP contribution in [0.1, 0.15) is 11.1 Å². The normalized spacial score (nSPS) is 11.5. The Kier molecular flexibility index (Phi) is 4.24. The Labute approximate surface area is 118 Å². The van der Waals surface area contributed by atoms with Crippen LogP contribution in [0.5, 0.6) is 0 Å². The zero-order chi connectivity index (χ0) is 13.9. The number of hydrogen-bond donors (Lipinski definition) is 1. The van der Waals surface area contributed by atoms with Gasteiger partial charge in [-0.05, 0) is 42.3 Å². The van der Waals surface area contributed by atoms with Crippen molar-refractivity contribution in [2.24, 2.45) is 0 Å². The van der Waals surface area contributed by atoms with E-state index in [9.17, 15) is 8.42 Å². The Morgan fingerprint density at radius 1 is 1.11 bits per heavy atom. The fraction of sp³-hybridized carbons (Fsp3) is 0.143. The van der Waals surface area contributed by atoms with Crippen LogP contribution in [0.2, 0.25) is 5.02 Å². The summed E-state index contributed by atoms with van der Waals surface area (Å²) in [6.07, 6.45) is 0. The van der Waals surface area contributed by atoms with Crippen LogP contribution in [0, 0.1) is 6.92 Å². The van der Waals surface area contributed by atoms with E-state index >= 15 is 0 Å². The third kappa shape index (κ3) is 3.80. The molecule has 0 spiro atoms. The van der Waals surface area contributed by atoms with E-state index < -0.39 is 10.0 Å². The number of halogens is 1. The summed E-state index contributed by atoms with van der Waals surface area (Å²) in [7, 11) is -3.47. The smallest absolute Gasteiger partial charge is 0.207 e. The summed E-state index contributed by atoms with van der Waals surface area (Å²) in [6, 6.07) is 13.9. The first-order chi connectivity index (χ1) is 8.97. The van der Waals surface area contributed by atoms with Crippen molar-refractivity contribution in [1.82, 2.24) is 4.72 Å². The third-order valence-electron chi connectivity index (χ3n) is 2.68. The number of sulfonamides is 1. The molecule has 5 heteroatoms. The lowest BCUT2D eigenvalue weighted by molar-refractivity contribution is 0.581. The molecule has 100 valence electrons. The maximum atomic E-state index is 12.1. The molecule has 0 amide bonds. The highest BCUT2D eigenvalue weighted by Gasteiger charge is 2.13. The summed E-state index contributed by atoms with van der Waals surface area (Å²) < 4.78 is 26.7. The number of hydrogen-bond acceptors (Lipinski definition) is 2. The van der Waals surface area contributed by atoms with Crippen LogP contribution in [-0.4, -0.2) is 8.42 Å². The predicted octanol–water partition coefficient (Wildman–Crippen LogP) is 3.13. The lowest BCUT2D eigenvalue weighted by Gasteiger charge is -2.07. The summed E-state index contributed by atoms with van der Waals surface area (Å²) in [5.74, 6) is 0. The second kappa shape index (κ2) is 5.74. The quantitative estimate of drug-likeness (QED) is 0.942. The van der Waals surface area contributed by atoms with Crippen LogP contribution in [0.15, 0.2) is 53.4 Å². The monoisotopic (exact) mass is 295 g/mol. The van der Waals surface area contributed by atoms with Gasteiger partial charge in [0.25, 0.3) is 0 Å². The highest BCUT2D eigenvalue weighted by atomic mass is 35.5. The molecule has 0 atom stereocenters. The van der Waals surface area contributed by atoms with Crippen LogP contribution in [0.3, 0.4) is 0 Å². The van der Waals surface area contributed by atoms with E-state index in [2.05, 4.69) is 4.72 Å². The van der Waals surface area contributed by atoms with Gasteiger partial charge in [0.15, 0.2) is 0 Å². The second-order valence-electron chi connectivity index (χ2n) is 4.27. The Morgan fingerprint density at radius 2 is 1.79 bits per heavy atom. The average molecular weight is 296 g/mol. The van der Waals surface area contributed by atoms with Crippen molar-refractivity contribution in [2.45, 2.75) is 18.4 Å². The Hall–Kier alpha value is -1.36. The van der Waals surface area contributed by atoms with E-state index in [4.69, 9.17) is 11.6 Å². The van der Waals surface area contributed by atoms with Gasteiger partial charge >= 0.3 is 0 Å². The fourth-order valence-corrected chi connectivity index (χ4v) is 2.89. The van der Waals surface area contributed by atoms with Crippen LogP contribution in [-0.2, 0) is 16.6 Å². The molecule has 0 saturated heterocycles. The molecular formula is C14H14ClNO2S. The Balaban J connectivity index is 2.12. The molecule has 0 unspecified atom stereocenters. The second-order valence-corrected chi connectivity index (χ2v) is 6.47. The van der Waals surface area contributed by atoms with Crippen molar-refractivity contribution in [1.29, 1.82) is 0 Å². The molecule has 0 radical (unpaired) electrons. The number of rotatable bonds is 4. The molecule has 0 aliphatic carbocycles. The molecule has 0 aliphatic heterocycles. The van der Waals surface area contributed by atoms with E-state index in [0.29, 0.717) is 5.02 Å². The first kappa shape index (κ1) is 14.1. The van der Waals surface area contributed by atoms with Gasteiger partial charge in [-0.3, -0.25) is 0 Å². The van der Waals surface area contributed by atoms with Crippen molar-refractivity contribution in [2.75, 3.05) is 0 Å². The topological polar surface area (TPSA) is 46.2 Å².